The molecular weight excluding hydrogens is 257 g/mol. The van der Waals surface area contributed by atoms with Gasteiger partial charge < -0.3 is 10.1 Å². The second kappa shape index (κ2) is 5.64. The molecule has 0 aliphatic rings. The lowest BCUT2D eigenvalue weighted by molar-refractivity contribution is 0.397. The average Bonchev–Trinajstić information content (AvgIpc) is 2.40. The maximum Gasteiger partial charge on any atom is 0.226 e. The van der Waals surface area contributed by atoms with Crippen LogP contribution in [0, 0.1) is 5.82 Å². The molecule has 0 unspecified atom stereocenters. The Morgan fingerprint density at radius 1 is 1.39 bits per heavy atom. The molecule has 0 saturated carbocycles. The minimum atomic E-state index is -0.432. The highest BCUT2D eigenvalue weighted by Gasteiger charge is 2.02. The van der Waals surface area contributed by atoms with Gasteiger partial charge in [-0.15, -0.1) is 0 Å². The van der Waals surface area contributed by atoms with Crippen molar-refractivity contribution in [3.63, 3.8) is 0 Å². The molecule has 0 radical (unpaired) electrons. The summed E-state index contributed by atoms with van der Waals surface area (Å²) < 4.78 is 17.9. The van der Waals surface area contributed by atoms with Crippen LogP contribution in [-0.4, -0.2) is 17.1 Å². The molecule has 0 aliphatic heterocycles. The largest absolute Gasteiger partial charge is 0.481 e. The first-order valence-electron chi connectivity index (χ1n) is 5.24. The van der Waals surface area contributed by atoms with Gasteiger partial charge in [-0.05, 0) is 17.7 Å². The lowest BCUT2D eigenvalue weighted by Gasteiger charge is -2.06. The number of nitrogens with zero attached hydrogens (tertiary/aromatic N) is 2. The molecule has 2 rings (SSSR count). The van der Waals surface area contributed by atoms with Crippen LogP contribution >= 0.6 is 11.6 Å². The number of rotatable bonds is 4. The lowest BCUT2D eigenvalue weighted by Crippen LogP contribution is -2.04. The van der Waals surface area contributed by atoms with Crippen molar-refractivity contribution in [1.29, 1.82) is 0 Å². The van der Waals surface area contributed by atoms with Crippen LogP contribution in [0.4, 0.5) is 10.3 Å². The molecule has 1 aromatic carbocycles. The normalized spacial score (nSPS) is 10.2. The molecule has 1 aromatic heterocycles. The predicted octanol–water partition coefficient (Wildman–Crippen LogP) is 2.89. The van der Waals surface area contributed by atoms with E-state index < -0.39 is 5.82 Å². The lowest BCUT2D eigenvalue weighted by atomic mass is 10.2. The summed E-state index contributed by atoms with van der Waals surface area (Å²) in [6, 6.07) is 6.18. The van der Waals surface area contributed by atoms with Gasteiger partial charge in [0.25, 0.3) is 0 Å². The monoisotopic (exact) mass is 267 g/mol. The van der Waals surface area contributed by atoms with Crippen molar-refractivity contribution in [3.8, 4) is 5.88 Å². The van der Waals surface area contributed by atoms with E-state index in [4.69, 9.17) is 16.3 Å². The Labute approximate surface area is 109 Å². The van der Waals surface area contributed by atoms with E-state index in [0.717, 1.165) is 5.56 Å². The Hall–Kier alpha value is -1.88. The first-order chi connectivity index (χ1) is 8.69. The highest BCUT2D eigenvalue weighted by atomic mass is 35.5. The first-order valence-corrected chi connectivity index (χ1v) is 5.61. The van der Waals surface area contributed by atoms with Crippen LogP contribution in [0.5, 0.6) is 5.88 Å². The zero-order valence-corrected chi connectivity index (χ0v) is 10.4. The summed E-state index contributed by atoms with van der Waals surface area (Å²) in [5.74, 6) is 0.484. The van der Waals surface area contributed by atoms with Gasteiger partial charge in [0.2, 0.25) is 11.8 Å². The molecule has 0 bridgehead atoms. The van der Waals surface area contributed by atoms with Crippen molar-refractivity contribution >= 4 is 17.5 Å². The quantitative estimate of drug-likeness (QED) is 0.925. The Morgan fingerprint density at radius 3 is 2.94 bits per heavy atom. The van der Waals surface area contributed by atoms with Crippen LogP contribution in [0.3, 0.4) is 0 Å². The zero-order valence-electron chi connectivity index (χ0n) is 9.65. The molecule has 0 spiro atoms. The van der Waals surface area contributed by atoms with Gasteiger partial charge in [-0.25, -0.2) is 9.37 Å². The van der Waals surface area contributed by atoms with Gasteiger partial charge in [0.1, 0.15) is 5.82 Å². The average molecular weight is 268 g/mol. The van der Waals surface area contributed by atoms with Crippen molar-refractivity contribution in [2.75, 3.05) is 12.4 Å². The van der Waals surface area contributed by atoms with Crippen LogP contribution in [-0.2, 0) is 6.54 Å². The SMILES string of the molecule is COc1ccnc(NCc2ccc(F)c(Cl)c2)n1. The molecule has 4 nitrogen and oxygen atoms in total. The molecule has 0 saturated heterocycles. The van der Waals surface area contributed by atoms with Gasteiger partial charge in [-0.3, -0.25) is 0 Å². The second-order valence-electron chi connectivity index (χ2n) is 3.52. The fourth-order valence-corrected chi connectivity index (χ4v) is 1.57. The highest BCUT2D eigenvalue weighted by molar-refractivity contribution is 6.30. The molecule has 6 heteroatoms. The Kier molecular flexibility index (Phi) is 3.94. The molecule has 0 amide bonds. The molecule has 18 heavy (non-hydrogen) atoms. The number of halogens is 2. The number of anilines is 1. The topological polar surface area (TPSA) is 47.0 Å². The zero-order chi connectivity index (χ0) is 13.0. The number of benzene rings is 1. The van der Waals surface area contributed by atoms with E-state index >= 15 is 0 Å². The van der Waals surface area contributed by atoms with Gasteiger partial charge in [0, 0.05) is 18.8 Å². The number of nitrogens with one attached hydrogen (secondary N) is 1. The summed E-state index contributed by atoms with van der Waals surface area (Å²) in [5, 5.41) is 3.10. The minimum absolute atomic E-state index is 0.0980. The highest BCUT2D eigenvalue weighted by Crippen LogP contribution is 2.16. The first kappa shape index (κ1) is 12.6. The van der Waals surface area contributed by atoms with Gasteiger partial charge in [0.15, 0.2) is 0 Å². The summed E-state index contributed by atoms with van der Waals surface area (Å²) in [7, 11) is 1.53. The third-order valence-corrected chi connectivity index (χ3v) is 2.56. The van der Waals surface area contributed by atoms with Gasteiger partial charge >= 0.3 is 0 Å². The van der Waals surface area contributed by atoms with Crippen LogP contribution in [0.15, 0.2) is 30.5 Å². The van der Waals surface area contributed by atoms with E-state index in [1.165, 1.54) is 13.2 Å². The van der Waals surface area contributed by atoms with Crippen molar-refractivity contribution in [1.82, 2.24) is 9.97 Å². The van der Waals surface area contributed by atoms with Crippen molar-refractivity contribution < 1.29 is 9.13 Å². The Balaban J connectivity index is 2.04. The number of aromatic nitrogens is 2. The molecule has 0 aliphatic carbocycles. The van der Waals surface area contributed by atoms with Gasteiger partial charge in [0.05, 0.1) is 12.1 Å². The number of methoxy groups -OCH3 is 1. The summed E-state index contributed by atoms with van der Waals surface area (Å²) in [4.78, 5) is 8.13. The third kappa shape index (κ3) is 3.07. The number of ether oxygens (including phenoxy) is 1. The molecule has 0 fully saturated rings. The molecule has 1 N–H and O–H groups in total. The van der Waals surface area contributed by atoms with Crippen molar-refractivity contribution in [2.45, 2.75) is 6.54 Å². The van der Waals surface area contributed by atoms with Crippen molar-refractivity contribution in [2.24, 2.45) is 0 Å². The molecule has 0 atom stereocenters. The minimum Gasteiger partial charge on any atom is -0.481 e. The Bertz CT molecular complexity index is 551. The maximum atomic E-state index is 13.0. The number of hydrogen-bond acceptors (Lipinski definition) is 4. The van der Waals surface area contributed by atoms with E-state index in [1.807, 2.05) is 0 Å². The van der Waals surface area contributed by atoms with Crippen LogP contribution < -0.4 is 10.1 Å². The van der Waals surface area contributed by atoms with E-state index in [0.29, 0.717) is 18.4 Å². The predicted molar refractivity (Wildman–Crippen MR) is 67.3 cm³/mol. The third-order valence-electron chi connectivity index (χ3n) is 2.27. The maximum absolute atomic E-state index is 13.0. The Morgan fingerprint density at radius 2 is 2.22 bits per heavy atom. The summed E-state index contributed by atoms with van der Waals surface area (Å²) >= 11 is 5.69. The van der Waals surface area contributed by atoms with E-state index in [2.05, 4.69) is 15.3 Å². The van der Waals surface area contributed by atoms with E-state index in [9.17, 15) is 4.39 Å². The van der Waals surface area contributed by atoms with Crippen LogP contribution in [0.2, 0.25) is 5.02 Å². The molecule has 94 valence electrons. The number of hydrogen-bond donors (Lipinski definition) is 1. The van der Waals surface area contributed by atoms with Gasteiger partial charge in [-0.2, -0.15) is 4.98 Å². The fourth-order valence-electron chi connectivity index (χ4n) is 1.37. The van der Waals surface area contributed by atoms with E-state index in [1.54, 1.807) is 24.4 Å². The summed E-state index contributed by atoms with van der Waals surface area (Å²) in [6.45, 7) is 0.452. The van der Waals surface area contributed by atoms with Gasteiger partial charge in [-0.1, -0.05) is 17.7 Å². The molecule has 2 aromatic rings. The van der Waals surface area contributed by atoms with Crippen molar-refractivity contribution in [3.05, 3.63) is 46.9 Å². The smallest absolute Gasteiger partial charge is 0.226 e. The summed E-state index contributed by atoms with van der Waals surface area (Å²) in [5.41, 5.74) is 0.841. The standard InChI is InChI=1S/C12H11ClFN3O/c1-18-11-4-5-15-12(17-11)16-7-8-2-3-10(14)9(13)6-8/h2-6H,7H2,1H3,(H,15,16,17). The summed E-state index contributed by atoms with van der Waals surface area (Å²) in [6.07, 6.45) is 1.59. The van der Waals surface area contributed by atoms with Crippen LogP contribution in [0.25, 0.3) is 0 Å². The van der Waals surface area contributed by atoms with E-state index in [-0.39, 0.29) is 5.02 Å². The second-order valence-corrected chi connectivity index (χ2v) is 3.93. The van der Waals surface area contributed by atoms with Crippen LogP contribution in [0.1, 0.15) is 5.56 Å². The molecular formula is C12H11ClFN3O. The fraction of sp³-hybridized carbons (Fsp3) is 0.167. The molecule has 1 heterocycles.